The molecule has 1 aliphatic heterocycles. The number of hydrogen-bond acceptors (Lipinski definition) is 3. The van der Waals surface area contributed by atoms with Gasteiger partial charge in [-0.3, -0.25) is 9.59 Å². The molecule has 1 fully saturated rings. The molecule has 2 amide bonds. The second kappa shape index (κ2) is 7.79. The Hall–Kier alpha value is -1.59. The number of nitrogens with zero attached hydrogens (tertiary/aromatic N) is 1. The highest BCUT2D eigenvalue weighted by Gasteiger charge is 2.28. The minimum absolute atomic E-state index is 0.00371. The van der Waals surface area contributed by atoms with E-state index in [4.69, 9.17) is 11.6 Å². The van der Waals surface area contributed by atoms with Gasteiger partial charge in [-0.05, 0) is 24.1 Å². The van der Waals surface area contributed by atoms with Gasteiger partial charge >= 0.3 is 0 Å². The molecule has 0 saturated carbocycles. The van der Waals surface area contributed by atoms with Crippen LogP contribution in [0.15, 0.2) is 24.3 Å². The summed E-state index contributed by atoms with van der Waals surface area (Å²) in [4.78, 5) is 25.8. The van der Waals surface area contributed by atoms with Gasteiger partial charge in [-0.25, -0.2) is 0 Å². The molecular formula is C17H23ClN2O3. The van der Waals surface area contributed by atoms with Crippen LogP contribution >= 0.6 is 11.6 Å². The summed E-state index contributed by atoms with van der Waals surface area (Å²) in [6.45, 7) is 4.95. The fourth-order valence-corrected chi connectivity index (χ4v) is 2.83. The third kappa shape index (κ3) is 4.94. The maximum Gasteiger partial charge on any atom is 0.225 e. The molecule has 23 heavy (non-hydrogen) atoms. The smallest absolute Gasteiger partial charge is 0.225 e. The summed E-state index contributed by atoms with van der Waals surface area (Å²) < 4.78 is 0. The molecule has 1 aromatic carbocycles. The second-order valence-corrected chi connectivity index (χ2v) is 6.70. The first-order valence-electron chi connectivity index (χ1n) is 7.88. The number of hydrogen-bond donors (Lipinski definition) is 2. The van der Waals surface area contributed by atoms with E-state index in [-0.39, 0.29) is 30.2 Å². The lowest BCUT2D eigenvalue weighted by Crippen LogP contribution is -2.39. The van der Waals surface area contributed by atoms with Gasteiger partial charge < -0.3 is 15.3 Å². The molecule has 2 rings (SSSR count). The third-order valence-electron chi connectivity index (χ3n) is 3.99. The fourth-order valence-electron chi connectivity index (χ4n) is 2.71. The molecule has 0 bridgehead atoms. The first-order valence-corrected chi connectivity index (χ1v) is 8.26. The standard InChI is InChI=1S/C17H23ClN2O3/c1-11(2)17(23)20-8-7-14(10-20)19-16(22)9-15(21)12-3-5-13(18)6-4-12/h3-6,11,14-15,21H,7-10H2,1-2H3,(H,19,22). The zero-order chi connectivity index (χ0) is 17.0. The zero-order valence-corrected chi connectivity index (χ0v) is 14.2. The number of aliphatic hydroxyl groups excluding tert-OH is 1. The van der Waals surface area contributed by atoms with Gasteiger partial charge in [-0.1, -0.05) is 37.6 Å². The van der Waals surface area contributed by atoms with Crippen LogP contribution in [-0.4, -0.2) is 41.0 Å². The topological polar surface area (TPSA) is 69.6 Å². The number of nitrogens with one attached hydrogen (secondary N) is 1. The first-order chi connectivity index (χ1) is 10.9. The van der Waals surface area contributed by atoms with Crippen LogP contribution in [0.2, 0.25) is 5.02 Å². The molecule has 0 aromatic heterocycles. The van der Waals surface area contributed by atoms with Crippen molar-refractivity contribution in [2.24, 2.45) is 5.92 Å². The van der Waals surface area contributed by atoms with Crippen molar-refractivity contribution in [2.45, 2.75) is 38.8 Å². The molecular weight excluding hydrogens is 316 g/mol. The van der Waals surface area contributed by atoms with Crippen molar-refractivity contribution in [1.29, 1.82) is 0 Å². The van der Waals surface area contributed by atoms with Crippen LogP contribution in [0, 0.1) is 5.92 Å². The van der Waals surface area contributed by atoms with Crippen molar-refractivity contribution in [3.63, 3.8) is 0 Å². The molecule has 6 heteroatoms. The molecule has 2 N–H and O–H groups in total. The highest BCUT2D eigenvalue weighted by Crippen LogP contribution is 2.19. The Balaban J connectivity index is 1.81. The highest BCUT2D eigenvalue weighted by atomic mass is 35.5. The van der Waals surface area contributed by atoms with Gasteiger partial charge in [-0.15, -0.1) is 0 Å². The van der Waals surface area contributed by atoms with E-state index in [0.717, 1.165) is 6.42 Å². The molecule has 0 radical (unpaired) electrons. The SMILES string of the molecule is CC(C)C(=O)N1CCC(NC(=O)CC(O)c2ccc(Cl)cc2)C1. The summed E-state index contributed by atoms with van der Waals surface area (Å²) in [5, 5.41) is 13.6. The monoisotopic (exact) mass is 338 g/mol. The molecule has 1 saturated heterocycles. The first kappa shape index (κ1) is 17.8. The molecule has 5 nitrogen and oxygen atoms in total. The van der Waals surface area contributed by atoms with Crippen molar-refractivity contribution < 1.29 is 14.7 Å². The van der Waals surface area contributed by atoms with E-state index in [9.17, 15) is 14.7 Å². The van der Waals surface area contributed by atoms with E-state index >= 15 is 0 Å². The van der Waals surface area contributed by atoms with Gasteiger partial charge in [0.2, 0.25) is 11.8 Å². The lowest BCUT2D eigenvalue weighted by atomic mass is 10.1. The minimum atomic E-state index is -0.859. The predicted octanol–water partition coefficient (Wildman–Crippen LogP) is 2.14. The van der Waals surface area contributed by atoms with Gasteiger partial charge in [0.05, 0.1) is 12.5 Å². The molecule has 1 heterocycles. The molecule has 1 aromatic rings. The van der Waals surface area contributed by atoms with E-state index in [2.05, 4.69) is 5.32 Å². The van der Waals surface area contributed by atoms with Crippen LogP contribution in [0.25, 0.3) is 0 Å². The van der Waals surface area contributed by atoms with E-state index in [1.807, 2.05) is 13.8 Å². The van der Waals surface area contributed by atoms with Crippen molar-refractivity contribution in [2.75, 3.05) is 13.1 Å². The average Bonchev–Trinajstić information content (AvgIpc) is 2.95. The number of carbonyl (C=O) groups is 2. The fraction of sp³-hybridized carbons (Fsp3) is 0.529. The molecule has 0 spiro atoms. The van der Waals surface area contributed by atoms with Crippen LogP contribution in [0.5, 0.6) is 0 Å². The summed E-state index contributed by atoms with van der Waals surface area (Å²) in [5.74, 6) is -0.129. The van der Waals surface area contributed by atoms with Gasteiger partial charge in [0.15, 0.2) is 0 Å². The Kier molecular flexibility index (Phi) is 6.02. The quantitative estimate of drug-likeness (QED) is 0.864. The second-order valence-electron chi connectivity index (χ2n) is 6.26. The maximum atomic E-state index is 12.1. The van der Waals surface area contributed by atoms with Gasteiger partial charge in [0.25, 0.3) is 0 Å². The molecule has 2 atom stereocenters. The predicted molar refractivity (Wildman–Crippen MR) is 89.0 cm³/mol. The number of rotatable bonds is 5. The van der Waals surface area contributed by atoms with Crippen LogP contribution in [0.3, 0.4) is 0 Å². The lowest BCUT2D eigenvalue weighted by molar-refractivity contribution is -0.133. The normalized spacial score (nSPS) is 19.0. The number of carbonyl (C=O) groups excluding carboxylic acids is 2. The van der Waals surface area contributed by atoms with Crippen LogP contribution in [0.4, 0.5) is 0 Å². The van der Waals surface area contributed by atoms with Crippen molar-refractivity contribution >= 4 is 23.4 Å². The lowest BCUT2D eigenvalue weighted by Gasteiger charge is -2.19. The van der Waals surface area contributed by atoms with Crippen LogP contribution < -0.4 is 5.32 Å². The summed E-state index contributed by atoms with van der Waals surface area (Å²) in [6, 6.07) is 6.75. The summed E-state index contributed by atoms with van der Waals surface area (Å²) in [6.07, 6.45) is -0.112. The third-order valence-corrected chi connectivity index (χ3v) is 4.24. The number of aliphatic hydroxyl groups is 1. The Morgan fingerprint density at radius 3 is 2.61 bits per heavy atom. The van der Waals surface area contributed by atoms with E-state index < -0.39 is 6.10 Å². The number of amides is 2. The van der Waals surface area contributed by atoms with Gasteiger partial charge in [0, 0.05) is 30.1 Å². The van der Waals surface area contributed by atoms with Crippen LogP contribution in [0.1, 0.15) is 38.4 Å². The molecule has 0 aliphatic carbocycles. The average molecular weight is 339 g/mol. The molecule has 2 unspecified atom stereocenters. The van der Waals surface area contributed by atoms with E-state index in [0.29, 0.717) is 23.7 Å². The van der Waals surface area contributed by atoms with Crippen LogP contribution in [-0.2, 0) is 9.59 Å². The van der Waals surface area contributed by atoms with E-state index in [1.54, 1.807) is 29.2 Å². The Morgan fingerprint density at radius 1 is 1.35 bits per heavy atom. The molecule has 126 valence electrons. The van der Waals surface area contributed by atoms with Gasteiger partial charge in [-0.2, -0.15) is 0 Å². The Morgan fingerprint density at radius 2 is 2.00 bits per heavy atom. The van der Waals surface area contributed by atoms with Crippen molar-refractivity contribution in [1.82, 2.24) is 10.2 Å². The summed E-state index contributed by atoms with van der Waals surface area (Å²) >= 11 is 5.80. The summed E-state index contributed by atoms with van der Waals surface area (Å²) in [5.41, 5.74) is 0.660. The largest absolute Gasteiger partial charge is 0.388 e. The minimum Gasteiger partial charge on any atom is -0.388 e. The highest BCUT2D eigenvalue weighted by molar-refractivity contribution is 6.30. The van der Waals surface area contributed by atoms with Crippen molar-refractivity contribution in [3.8, 4) is 0 Å². The Bertz CT molecular complexity index is 559. The van der Waals surface area contributed by atoms with Gasteiger partial charge in [0.1, 0.15) is 0 Å². The van der Waals surface area contributed by atoms with E-state index in [1.165, 1.54) is 0 Å². The van der Waals surface area contributed by atoms with Crippen molar-refractivity contribution in [3.05, 3.63) is 34.9 Å². The Labute approximate surface area is 141 Å². The number of likely N-dealkylation sites (tertiary alicyclic amines) is 1. The maximum absolute atomic E-state index is 12.1. The number of benzene rings is 1. The summed E-state index contributed by atoms with van der Waals surface area (Å²) in [7, 11) is 0. The molecule has 1 aliphatic rings. The number of halogens is 1. The zero-order valence-electron chi connectivity index (χ0n) is 13.5.